The maximum absolute atomic E-state index is 12.0. The summed E-state index contributed by atoms with van der Waals surface area (Å²) in [5.41, 5.74) is 3.60. The van der Waals surface area contributed by atoms with Crippen molar-refractivity contribution < 1.29 is 14.1 Å². The first-order chi connectivity index (χ1) is 12.1. The largest absolute Gasteiger partial charge is 0.460 e. The molecule has 0 saturated carbocycles. The minimum atomic E-state index is -0.429. The lowest BCUT2D eigenvalue weighted by atomic mass is 10.1. The van der Waals surface area contributed by atoms with Crippen LogP contribution in [0, 0.1) is 13.8 Å². The number of rotatable bonds is 5. The first kappa shape index (κ1) is 17.4. The molecule has 0 spiro atoms. The Morgan fingerprint density at radius 3 is 2.96 bits per heavy atom. The van der Waals surface area contributed by atoms with Crippen LogP contribution < -0.4 is 10.6 Å². The van der Waals surface area contributed by atoms with Gasteiger partial charge in [0.25, 0.3) is 0 Å². The van der Waals surface area contributed by atoms with Crippen LogP contribution in [0.15, 0.2) is 28.8 Å². The Morgan fingerprint density at radius 1 is 1.40 bits per heavy atom. The molecule has 2 N–H and O–H groups in total. The summed E-state index contributed by atoms with van der Waals surface area (Å²) in [4.78, 5) is 12.0. The van der Waals surface area contributed by atoms with E-state index in [0.717, 1.165) is 12.8 Å². The summed E-state index contributed by atoms with van der Waals surface area (Å²) in [5, 5.41) is 10.7. The summed E-state index contributed by atoms with van der Waals surface area (Å²) in [6.45, 7) is 4.05. The van der Waals surface area contributed by atoms with E-state index >= 15 is 0 Å². The molecule has 0 fully saturated rings. The number of hydrogen-bond acceptors (Lipinski definition) is 5. The molecule has 1 aliphatic carbocycles. The van der Waals surface area contributed by atoms with E-state index in [1.807, 2.05) is 6.07 Å². The van der Waals surface area contributed by atoms with Crippen molar-refractivity contribution in [3.8, 4) is 0 Å². The molecule has 1 aromatic heterocycles. The molecule has 0 bridgehead atoms. The number of fused-ring (bicyclic) bond motifs is 1. The second kappa shape index (κ2) is 7.65. The van der Waals surface area contributed by atoms with Gasteiger partial charge in [-0.3, -0.25) is 0 Å². The fourth-order valence-electron chi connectivity index (χ4n) is 3.07. The first-order valence-electron chi connectivity index (χ1n) is 8.28. The van der Waals surface area contributed by atoms with E-state index in [4.69, 9.17) is 21.5 Å². The molecule has 0 aliphatic heterocycles. The molecule has 132 valence electrons. The van der Waals surface area contributed by atoms with E-state index < -0.39 is 5.97 Å². The molecular weight excluding hydrogens is 338 g/mol. The Kier molecular flexibility index (Phi) is 5.33. The van der Waals surface area contributed by atoms with Crippen molar-refractivity contribution in [1.82, 2.24) is 15.8 Å². The van der Waals surface area contributed by atoms with Gasteiger partial charge in [-0.15, -0.1) is 0 Å². The number of thiocarbonyl (C=S) groups is 1. The molecule has 0 radical (unpaired) electrons. The Bertz CT molecular complexity index is 768. The van der Waals surface area contributed by atoms with Gasteiger partial charge in [-0.1, -0.05) is 29.4 Å². The first-order valence-corrected chi connectivity index (χ1v) is 8.69. The van der Waals surface area contributed by atoms with Crippen LogP contribution in [-0.4, -0.2) is 29.4 Å². The summed E-state index contributed by atoms with van der Waals surface area (Å²) in [5.74, 6) is 0.0363. The predicted molar refractivity (Wildman–Crippen MR) is 97.5 cm³/mol. The summed E-state index contributed by atoms with van der Waals surface area (Å²) in [6.07, 6.45) is 2.09. The van der Waals surface area contributed by atoms with Gasteiger partial charge in [-0.05, 0) is 50.0 Å². The molecule has 1 aliphatic rings. The van der Waals surface area contributed by atoms with Crippen LogP contribution >= 0.6 is 12.2 Å². The van der Waals surface area contributed by atoms with Crippen LogP contribution in [0.25, 0.3) is 0 Å². The minimum absolute atomic E-state index is 0.214. The number of aryl methyl sites for hydroxylation is 3. The van der Waals surface area contributed by atoms with Gasteiger partial charge in [-0.25, -0.2) is 4.79 Å². The molecule has 2 aromatic rings. The average molecular weight is 359 g/mol. The standard InChI is InChI=1S/C18H21N3O3S/c1-11-16(12(2)24-21-11)17(22)23-10-9-19-18(25)20-15-8-7-13-5-3-4-6-14(13)15/h3-6,15H,7-10H2,1-2H3,(H2,19,20,25)/t15-/m0/s1. The third-order valence-electron chi connectivity index (χ3n) is 4.30. The molecule has 0 saturated heterocycles. The summed E-state index contributed by atoms with van der Waals surface area (Å²) in [7, 11) is 0. The zero-order chi connectivity index (χ0) is 17.8. The number of esters is 1. The van der Waals surface area contributed by atoms with Gasteiger partial charge in [0.05, 0.1) is 18.3 Å². The van der Waals surface area contributed by atoms with Crippen molar-refractivity contribution in [2.45, 2.75) is 32.7 Å². The van der Waals surface area contributed by atoms with Gasteiger partial charge >= 0.3 is 5.97 Å². The third-order valence-corrected chi connectivity index (χ3v) is 4.56. The monoisotopic (exact) mass is 359 g/mol. The van der Waals surface area contributed by atoms with Crippen LogP contribution in [0.1, 0.15) is 45.4 Å². The number of benzene rings is 1. The van der Waals surface area contributed by atoms with Crippen LogP contribution in [0.4, 0.5) is 0 Å². The summed E-state index contributed by atoms with van der Waals surface area (Å²) >= 11 is 5.33. The Labute approximate surface area is 151 Å². The minimum Gasteiger partial charge on any atom is -0.460 e. The van der Waals surface area contributed by atoms with Crippen molar-refractivity contribution in [2.24, 2.45) is 0 Å². The highest BCUT2D eigenvalue weighted by molar-refractivity contribution is 7.80. The van der Waals surface area contributed by atoms with Crippen LogP contribution in [-0.2, 0) is 11.2 Å². The number of carbonyl (C=O) groups excluding carboxylic acids is 1. The zero-order valence-corrected chi connectivity index (χ0v) is 15.1. The quantitative estimate of drug-likeness (QED) is 0.483. The van der Waals surface area contributed by atoms with Gasteiger partial charge < -0.3 is 19.9 Å². The molecule has 25 heavy (non-hydrogen) atoms. The van der Waals surface area contributed by atoms with Gasteiger partial charge in [0.1, 0.15) is 17.9 Å². The molecule has 3 rings (SSSR count). The van der Waals surface area contributed by atoms with E-state index in [2.05, 4.69) is 34.0 Å². The van der Waals surface area contributed by atoms with Crippen LogP contribution in [0.5, 0.6) is 0 Å². The van der Waals surface area contributed by atoms with Crippen molar-refractivity contribution in [2.75, 3.05) is 13.2 Å². The molecular formula is C18H21N3O3S. The van der Waals surface area contributed by atoms with E-state index in [9.17, 15) is 4.79 Å². The Hall–Kier alpha value is -2.41. The normalized spacial score (nSPS) is 15.5. The number of ether oxygens (including phenoxy) is 1. The molecule has 1 atom stereocenters. The third kappa shape index (κ3) is 3.99. The van der Waals surface area contributed by atoms with Crippen molar-refractivity contribution in [3.05, 3.63) is 52.4 Å². The Morgan fingerprint density at radius 2 is 2.20 bits per heavy atom. The van der Waals surface area contributed by atoms with E-state index in [1.54, 1.807) is 13.8 Å². The van der Waals surface area contributed by atoms with Crippen molar-refractivity contribution in [3.63, 3.8) is 0 Å². The van der Waals surface area contributed by atoms with Gasteiger partial charge in [0, 0.05) is 0 Å². The van der Waals surface area contributed by atoms with Crippen molar-refractivity contribution >= 4 is 23.3 Å². The summed E-state index contributed by atoms with van der Waals surface area (Å²) < 4.78 is 10.2. The van der Waals surface area contributed by atoms with E-state index in [1.165, 1.54) is 11.1 Å². The lowest BCUT2D eigenvalue weighted by Gasteiger charge is -2.17. The summed E-state index contributed by atoms with van der Waals surface area (Å²) in [6, 6.07) is 8.63. The fraction of sp³-hybridized carbons (Fsp3) is 0.389. The SMILES string of the molecule is Cc1noc(C)c1C(=O)OCCNC(=S)N[C@H]1CCc2ccccc21. The van der Waals surface area contributed by atoms with Crippen LogP contribution in [0.2, 0.25) is 0 Å². The number of nitrogens with one attached hydrogen (secondary N) is 2. The number of nitrogens with zero attached hydrogens (tertiary/aromatic N) is 1. The highest BCUT2D eigenvalue weighted by Gasteiger charge is 2.22. The second-order valence-electron chi connectivity index (χ2n) is 6.03. The Balaban J connectivity index is 1.41. The lowest BCUT2D eigenvalue weighted by Crippen LogP contribution is -2.38. The molecule has 1 heterocycles. The van der Waals surface area contributed by atoms with Crippen molar-refractivity contribution in [1.29, 1.82) is 0 Å². The highest BCUT2D eigenvalue weighted by atomic mass is 32.1. The molecule has 7 heteroatoms. The fourth-order valence-corrected chi connectivity index (χ4v) is 3.32. The molecule has 6 nitrogen and oxygen atoms in total. The average Bonchev–Trinajstić information content (AvgIpc) is 3.15. The van der Waals surface area contributed by atoms with E-state index in [-0.39, 0.29) is 12.6 Å². The zero-order valence-electron chi connectivity index (χ0n) is 14.3. The topological polar surface area (TPSA) is 76.4 Å². The van der Waals surface area contributed by atoms with Gasteiger partial charge in [0.15, 0.2) is 5.11 Å². The number of aromatic nitrogens is 1. The van der Waals surface area contributed by atoms with Gasteiger partial charge in [0.2, 0.25) is 0 Å². The smallest absolute Gasteiger partial charge is 0.343 e. The molecule has 0 amide bonds. The number of carbonyl (C=O) groups is 1. The molecule has 0 unspecified atom stereocenters. The lowest BCUT2D eigenvalue weighted by molar-refractivity contribution is 0.0510. The highest BCUT2D eigenvalue weighted by Crippen LogP contribution is 2.30. The van der Waals surface area contributed by atoms with E-state index in [0.29, 0.717) is 28.7 Å². The predicted octanol–water partition coefficient (Wildman–Crippen LogP) is 2.60. The molecule has 1 aromatic carbocycles. The van der Waals surface area contributed by atoms with Crippen LogP contribution in [0.3, 0.4) is 0 Å². The maximum atomic E-state index is 12.0. The number of hydrogen-bond donors (Lipinski definition) is 2. The second-order valence-corrected chi connectivity index (χ2v) is 6.43. The maximum Gasteiger partial charge on any atom is 0.343 e. The van der Waals surface area contributed by atoms with Gasteiger partial charge in [-0.2, -0.15) is 0 Å².